The Morgan fingerprint density at radius 3 is 2.42 bits per heavy atom. The second-order valence-electron chi connectivity index (χ2n) is 4.32. The van der Waals surface area contributed by atoms with E-state index in [4.69, 9.17) is 16.2 Å². The van der Waals surface area contributed by atoms with E-state index in [2.05, 4.69) is 0 Å². The van der Waals surface area contributed by atoms with Gasteiger partial charge in [-0.25, -0.2) is 0 Å². The topological polar surface area (TPSA) is 78.3 Å². The zero-order chi connectivity index (χ0) is 13.8. The molecule has 0 aliphatic heterocycles. The Hall–Kier alpha value is -2.49. The SMILES string of the molecule is CC(Oc1ccc(C(N)=O)cc1)c1cccc(N)c1. The van der Waals surface area contributed by atoms with Gasteiger partial charge in [-0.05, 0) is 48.9 Å². The summed E-state index contributed by atoms with van der Waals surface area (Å²) in [5.74, 6) is 0.232. The fourth-order valence-corrected chi connectivity index (χ4v) is 1.78. The minimum atomic E-state index is -0.449. The molecule has 4 heteroatoms. The van der Waals surface area contributed by atoms with Crippen molar-refractivity contribution < 1.29 is 9.53 Å². The molecule has 2 aromatic rings. The van der Waals surface area contributed by atoms with E-state index in [1.165, 1.54) is 0 Å². The van der Waals surface area contributed by atoms with E-state index in [0.717, 1.165) is 5.56 Å². The van der Waals surface area contributed by atoms with Crippen LogP contribution in [0.2, 0.25) is 0 Å². The molecular weight excluding hydrogens is 240 g/mol. The predicted molar refractivity (Wildman–Crippen MR) is 74.9 cm³/mol. The summed E-state index contributed by atoms with van der Waals surface area (Å²) in [7, 11) is 0. The number of rotatable bonds is 4. The molecule has 2 aromatic carbocycles. The molecule has 0 bridgehead atoms. The molecule has 19 heavy (non-hydrogen) atoms. The summed E-state index contributed by atoms with van der Waals surface area (Å²) in [6.45, 7) is 1.94. The quantitative estimate of drug-likeness (QED) is 0.825. The van der Waals surface area contributed by atoms with Crippen LogP contribution in [0.3, 0.4) is 0 Å². The van der Waals surface area contributed by atoms with Gasteiger partial charge in [-0.3, -0.25) is 4.79 Å². The monoisotopic (exact) mass is 256 g/mol. The number of hydrogen-bond donors (Lipinski definition) is 2. The van der Waals surface area contributed by atoms with Crippen molar-refractivity contribution in [3.63, 3.8) is 0 Å². The van der Waals surface area contributed by atoms with Crippen molar-refractivity contribution in [3.05, 3.63) is 59.7 Å². The minimum Gasteiger partial charge on any atom is -0.486 e. The summed E-state index contributed by atoms with van der Waals surface area (Å²) < 4.78 is 5.78. The van der Waals surface area contributed by atoms with Crippen molar-refractivity contribution in [1.29, 1.82) is 0 Å². The molecule has 0 saturated carbocycles. The number of nitrogen functional groups attached to an aromatic ring is 1. The van der Waals surface area contributed by atoms with Crippen LogP contribution in [0.15, 0.2) is 48.5 Å². The van der Waals surface area contributed by atoms with Crippen LogP contribution >= 0.6 is 0 Å². The molecule has 1 atom stereocenters. The summed E-state index contributed by atoms with van der Waals surface area (Å²) in [4.78, 5) is 11.0. The maximum absolute atomic E-state index is 11.0. The first-order valence-electron chi connectivity index (χ1n) is 5.98. The zero-order valence-electron chi connectivity index (χ0n) is 10.7. The summed E-state index contributed by atoms with van der Waals surface area (Å²) in [6, 6.07) is 14.3. The van der Waals surface area contributed by atoms with E-state index < -0.39 is 5.91 Å². The smallest absolute Gasteiger partial charge is 0.248 e. The Balaban J connectivity index is 2.10. The number of amides is 1. The third-order valence-electron chi connectivity index (χ3n) is 2.83. The minimum absolute atomic E-state index is 0.122. The van der Waals surface area contributed by atoms with Crippen molar-refractivity contribution in [2.24, 2.45) is 5.73 Å². The molecule has 0 fully saturated rings. The Kier molecular flexibility index (Phi) is 3.71. The van der Waals surface area contributed by atoms with E-state index >= 15 is 0 Å². The van der Waals surface area contributed by atoms with Crippen molar-refractivity contribution in [3.8, 4) is 5.75 Å². The van der Waals surface area contributed by atoms with E-state index in [1.807, 2.05) is 31.2 Å². The van der Waals surface area contributed by atoms with Crippen molar-refractivity contribution in [2.45, 2.75) is 13.0 Å². The summed E-state index contributed by atoms with van der Waals surface area (Å²) in [5, 5.41) is 0. The highest BCUT2D eigenvalue weighted by Crippen LogP contribution is 2.23. The summed E-state index contributed by atoms with van der Waals surface area (Å²) >= 11 is 0. The molecule has 4 nitrogen and oxygen atoms in total. The number of ether oxygens (including phenoxy) is 1. The maximum Gasteiger partial charge on any atom is 0.248 e. The lowest BCUT2D eigenvalue weighted by Gasteiger charge is -2.15. The number of carbonyl (C=O) groups excluding carboxylic acids is 1. The zero-order valence-corrected chi connectivity index (χ0v) is 10.7. The molecular formula is C15H16N2O2. The van der Waals surface area contributed by atoms with Crippen LogP contribution in [-0.2, 0) is 0 Å². The molecule has 0 aliphatic carbocycles. The Bertz CT molecular complexity index is 579. The van der Waals surface area contributed by atoms with Gasteiger partial charge in [0.05, 0.1) is 0 Å². The van der Waals surface area contributed by atoms with Gasteiger partial charge in [-0.1, -0.05) is 12.1 Å². The number of primary amides is 1. The number of nitrogens with two attached hydrogens (primary N) is 2. The summed E-state index contributed by atoms with van der Waals surface area (Å²) in [6.07, 6.45) is -0.122. The number of carbonyl (C=O) groups is 1. The molecule has 98 valence electrons. The van der Waals surface area contributed by atoms with Crippen LogP contribution < -0.4 is 16.2 Å². The molecule has 0 spiro atoms. The van der Waals surface area contributed by atoms with Gasteiger partial charge in [0, 0.05) is 11.3 Å². The lowest BCUT2D eigenvalue weighted by molar-refractivity contribution is 0.1000. The van der Waals surface area contributed by atoms with Gasteiger partial charge in [-0.15, -0.1) is 0 Å². The van der Waals surface area contributed by atoms with Crippen molar-refractivity contribution in [2.75, 3.05) is 5.73 Å². The van der Waals surface area contributed by atoms with Crippen molar-refractivity contribution >= 4 is 11.6 Å². The average Bonchev–Trinajstić information content (AvgIpc) is 2.39. The van der Waals surface area contributed by atoms with Crippen LogP contribution in [0, 0.1) is 0 Å². The van der Waals surface area contributed by atoms with Gasteiger partial charge in [0.2, 0.25) is 5.91 Å². The van der Waals surface area contributed by atoms with E-state index in [9.17, 15) is 4.79 Å². The molecule has 1 unspecified atom stereocenters. The van der Waals surface area contributed by atoms with E-state index in [0.29, 0.717) is 17.0 Å². The number of hydrogen-bond acceptors (Lipinski definition) is 3. The molecule has 1 amide bonds. The lowest BCUT2D eigenvalue weighted by Crippen LogP contribution is -2.10. The predicted octanol–water partition coefficient (Wildman–Crippen LogP) is 2.51. The van der Waals surface area contributed by atoms with Gasteiger partial charge in [-0.2, -0.15) is 0 Å². The van der Waals surface area contributed by atoms with Crippen LogP contribution in [0.5, 0.6) is 5.75 Å². The Morgan fingerprint density at radius 1 is 1.16 bits per heavy atom. The number of benzene rings is 2. The van der Waals surface area contributed by atoms with Gasteiger partial charge in [0.15, 0.2) is 0 Å². The van der Waals surface area contributed by atoms with Crippen molar-refractivity contribution in [1.82, 2.24) is 0 Å². The fourth-order valence-electron chi connectivity index (χ4n) is 1.78. The molecule has 0 aliphatic rings. The first-order chi connectivity index (χ1) is 9.06. The van der Waals surface area contributed by atoms with E-state index in [-0.39, 0.29) is 6.10 Å². The third kappa shape index (κ3) is 3.25. The van der Waals surface area contributed by atoms with Gasteiger partial charge in [0.25, 0.3) is 0 Å². The van der Waals surface area contributed by atoms with Crippen LogP contribution in [-0.4, -0.2) is 5.91 Å². The molecule has 0 saturated heterocycles. The first kappa shape index (κ1) is 13.0. The van der Waals surface area contributed by atoms with Gasteiger partial charge < -0.3 is 16.2 Å². The Labute approximate surface area is 112 Å². The molecule has 0 heterocycles. The highest BCUT2D eigenvalue weighted by atomic mass is 16.5. The van der Waals surface area contributed by atoms with Gasteiger partial charge in [0.1, 0.15) is 11.9 Å². The standard InChI is InChI=1S/C15H16N2O2/c1-10(12-3-2-4-13(16)9-12)19-14-7-5-11(6-8-14)15(17)18/h2-10H,16H2,1H3,(H2,17,18). The third-order valence-corrected chi connectivity index (χ3v) is 2.83. The lowest BCUT2D eigenvalue weighted by atomic mass is 10.1. The van der Waals surface area contributed by atoms with Gasteiger partial charge >= 0.3 is 0 Å². The first-order valence-corrected chi connectivity index (χ1v) is 5.98. The Morgan fingerprint density at radius 2 is 1.84 bits per heavy atom. The maximum atomic E-state index is 11.0. The number of anilines is 1. The fraction of sp³-hybridized carbons (Fsp3) is 0.133. The summed E-state index contributed by atoms with van der Waals surface area (Å²) in [5.41, 5.74) is 13.1. The second kappa shape index (κ2) is 5.44. The van der Waals surface area contributed by atoms with E-state index in [1.54, 1.807) is 24.3 Å². The molecule has 0 aromatic heterocycles. The highest BCUT2D eigenvalue weighted by molar-refractivity contribution is 5.92. The van der Waals surface area contributed by atoms with Crippen LogP contribution in [0.4, 0.5) is 5.69 Å². The highest BCUT2D eigenvalue weighted by Gasteiger charge is 2.08. The normalized spacial score (nSPS) is 11.8. The second-order valence-corrected chi connectivity index (χ2v) is 4.32. The van der Waals surface area contributed by atoms with Crippen LogP contribution in [0.1, 0.15) is 28.9 Å². The van der Waals surface area contributed by atoms with Crippen LogP contribution in [0.25, 0.3) is 0 Å². The largest absolute Gasteiger partial charge is 0.486 e. The molecule has 0 radical (unpaired) electrons. The molecule has 4 N–H and O–H groups in total. The average molecular weight is 256 g/mol. The molecule has 2 rings (SSSR count).